The van der Waals surface area contributed by atoms with Crippen LogP contribution in [0.1, 0.15) is 69.5 Å². The molecule has 2 aromatic heterocycles. The third-order valence-corrected chi connectivity index (χ3v) is 11.1. The molecule has 6 aromatic rings. The van der Waals surface area contributed by atoms with Crippen molar-refractivity contribution in [3.05, 3.63) is 163 Å². The number of pyridine rings is 2. The minimum absolute atomic E-state index is 0.287. The number of halogens is 2. The van der Waals surface area contributed by atoms with Crippen LogP contribution in [0.2, 0.25) is 10.0 Å². The van der Waals surface area contributed by atoms with Gasteiger partial charge in [0.05, 0.1) is 22.3 Å². The maximum atomic E-state index is 7.57. The van der Waals surface area contributed by atoms with Crippen LogP contribution in [0, 0.1) is 19.3 Å². The quantitative estimate of drug-likeness (QED) is 0.0612. The molecule has 0 saturated carbocycles. The molecular formula is C49H50Cl2N6O4. The van der Waals surface area contributed by atoms with E-state index in [0.29, 0.717) is 71.5 Å². The van der Waals surface area contributed by atoms with Gasteiger partial charge in [-0.05, 0) is 84.6 Å². The molecule has 0 bridgehead atoms. The van der Waals surface area contributed by atoms with Gasteiger partial charge in [0, 0.05) is 89.6 Å². The zero-order valence-corrected chi connectivity index (χ0v) is 36.4. The van der Waals surface area contributed by atoms with Crippen molar-refractivity contribution in [1.29, 1.82) is 5.41 Å². The van der Waals surface area contributed by atoms with Crippen LogP contribution in [0.5, 0.6) is 23.0 Å². The van der Waals surface area contributed by atoms with Gasteiger partial charge in [0.25, 0.3) is 0 Å². The Bertz CT molecular complexity index is 2540. The van der Waals surface area contributed by atoms with Crippen molar-refractivity contribution in [2.45, 2.75) is 67.2 Å². The van der Waals surface area contributed by atoms with Crippen molar-refractivity contribution in [2.24, 2.45) is 4.99 Å². The number of aliphatic imine (C=N–C) groups is 1. The van der Waals surface area contributed by atoms with Crippen LogP contribution in [-0.4, -0.2) is 41.5 Å². The molecule has 1 aliphatic rings. The van der Waals surface area contributed by atoms with E-state index in [4.69, 9.17) is 47.6 Å². The fourth-order valence-electron chi connectivity index (χ4n) is 6.95. The first-order valence-electron chi connectivity index (χ1n) is 20.4. The highest BCUT2D eigenvalue weighted by atomic mass is 35.5. The molecule has 0 saturated heterocycles. The summed E-state index contributed by atoms with van der Waals surface area (Å²) in [5.74, 6) is 2.44. The van der Waals surface area contributed by atoms with Crippen LogP contribution in [0.3, 0.4) is 0 Å². The van der Waals surface area contributed by atoms with Crippen molar-refractivity contribution in [3.63, 3.8) is 0 Å². The van der Waals surface area contributed by atoms with E-state index < -0.39 is 0 Å². The Kier molecular flexibility index (Phi) is 14.7. The minimum atomic E-state index is 0.287. The molecule has 61 heavy (non-hydrogen) atoms. The molecule has 0 radical (unpaired) electrons. The summed E-state index contributed by atoms with van der Waals surface area (Å²) in [6, 6.07) is 24.0. The number of nitrogens with zero attached hydrogens (tertiary/aromatic N) is 3. The Morgan fingerprint density at radius 2 is 1.10 bits per heavy atom. The Hall–Kier alpha value is -5.78. The Morgan fingerprint density at radius 3 is 1.59 bits per heavy atom. The van der Waals surface area contributed by atoms with E-state index in [9.17, 15) is 0 Å². The lowest BCUT2D eigenvalue weighted by Gasteiger charge is -2.19. The highest BCUT2D eigenvalue weighted by molar-refractivity contribution is 6.32. The lowest BCUT2D eigenvalue weighted by molar-refractivity contribution is 0.286. The first kappa shape index (κ1) is 43.3. The topological polar surface area (TPSA) is 123 Å². The number of rotatable bonds is 21. The first-order chi connectivity index (χ1) is 29.7. The van der Waals surface area contributed by atoms with Gasteiger partial charge in [0.2, 0.25) is 0 Å². The first-order valence-corrected chi connectivity index (χ1v) is 21.2. The molecule has 0 fully saturated rings. The number of aromatic nitrogens is 2. The Labute approximate surface area is 367 Å². The molecule has 4 aromatic carbocycles. The molecule has 10 nitrogen and oxygen atoms in total. The second-order valence-corrected chi connectivity index (χ2v) is 15.6. The van der Waals surface area contributed by atoms with Crippen molar-refractivity contribution in [1.82, 2.24) is 20.6 Å². The summed E-state index contributed by atoms with van der Waals surface area (Å²) >= 11 is 13.6. The van der Waals surface area contributed by atoms with Gasteiger partial charge in [0.15, 0.2) is 0 Å². The monoisotopic (exact) mass is 856 g/mol. The summed E-state index contributed by atoms with van der Waals surface area (Å²) in [6.45, 7) is 13.2. The zero-order chi connectivity index (χ0) is 42.7. The second kappa shape index (κ2) is 20.7. The van der Waals surface area contributed by atoms with Crippen molar-refractivity contribution in [2.75, 3.05) is 19.6 Å². The zero-order valence-electron chi connectivity index (χ0n) is 34.9. The molecule has 314 valence electrons. The molecule has 0 amide bonds. The van der Waals surface area contributed by atoms with Crippen molar-refractivity contribution >= 4 is 35.1 Å². The van der Waals surface area contributed by atoms with Crippen LogP contribution in [0.15, 0.2) is 103 Å². The van der Waals surface area contributed by atoms with Gasteiger partial charge in [-0.25, -0.2) is 0 Å². The van der Waals surface area contributed by atoms with Gasteiger partial charge in [0.1, 0.15) is 49.4 Å². The SMILES string of the molecule is CCNCc1cc(Cl)c(OCc2cccc(-c3cccc(COc4cc(OCc5cncc(C6=NC6)c5)c(CNCC)cc4Cl)c3C)c2C)cc1OCc1cncc(C=N)c1. The Balaban J connectivity index is 1.06. The average molecular weight is 858 g/mol. The van der Waals surface area contributed by atoms with Gasteiger partial charge >= 0.3 is 0 Å². The molecule has 0 atom stereocenters. The molecule has 7 rings (SSSR count). The largest absolute Gasteiger partial charge is 0.488 e. The predicted molar refractivity (Wildman–Crippen MR) is 244 cm³/mol. The van der Waals surface area contributed by atoms with E-state index >= 15 is 0 Å². The molecule has 0 unspecified atom stereocenters. The molecular weight excluding hydrogens is 807 g/mol. The molecule has 12 heteroatoms. The highest BCUT2D eigenvalue weighted by Crippen LogP contribution is 2.37. The average Bonchev–Trinajstić information content (AvgIpc) is 4.13. The molecule has 0 spiro atoms. The van der Waals surface area contributed by atoms with E-state index in [1.807, 2.05) is 42.7 Å². The van der Waals surface area contributed by atoms with Crippen molar-refractivity contribution < 1.29 is 18.9 Å². The number of hydrogen-bond donors (Lipinski definition) is 3. The lowest BCUT2D eigenvalue weighted by atomic mass is 9.92. The normalized spacial score (nSPS) is 11.9. The smallest absolute Gasteiger partial charge is 0.142 e. The standard InChI is InChI=1S/C49H50Cl2N6O4/c1-5-53-24-39-15-43(50)48(17-46(39)58-27-34-13-33(19-52)20-55-21-34)60-29-36-9-7-11-41(31(36)3)42-12-8-10-37(32(42)4)30-61-49-18-47(40(16-44(49)51)25-54-6-2)59-28-35-14-38(23-56-22-35)45-26-57-45/h7-23,52-54H,5-6,24-30H2,1-4H3. The summed E-state index contributed by atoms with van der Waals surface area (Å²) in [5, 5.41) is 15.3. The van der Waals surface area contributed by atoms with Gasteiger partial charge in [-0.2, -0.15) is 0 Å². The van der Waals surface area contributed by atoms with Crippen molar-refractivity contribution in [3.8, 4) is 34.1 Å². The van der Waals surface area contributed by atoms with Crippen LogP contribution in [0.4, 0.5) is 0 Å². The van der Waals surface area contributed by atoms with E-state index in [0.717, 1.165) is 86.5 Å². The fourth-order valence-corrected chi connectivity index (χ4v) is 7.43. The molecule has 0 aliphatic carbocycles. The van der Waals surface area contributed by atoms with Gasteiger partial charge in [-0.1, -0.05) is 73.4 Å². The second-order valence-electron chi connectivity index (χ2n) is 14.8. The predicted octanol–water partition coefficient (Wildman–Crippen LogP) is 10.4. The molecule has 1 aliphatic heterocycles. The number of hydrogen-bond acceptors (Lipinski definition) is 10. The summed E-state index contributed by atoms with van der Waals surface area (Å²) < 4.78 is 25.5. The van der Waals surface area contributed by atoms with Crippen LogP contribution >= 0.6 is 23.2 Å². The third kappa shape index (κ3) is 11.1. The van der Waals surface area contributed by atoms with E-state index in [1.165, 1.54) is 6.21 Å². The maximum absolute atomic E-state index is 7.57. The fraction of sp³-hybridized carbons (Fsp3) is 0.265. The maximum Gasteiger partial charge on any atom is 0.142 e. The van der Waals surface area contributed by atoms with Crippen LogP contribution in [-0.2, 0) is 39.5 Å². The summed E-state index contributed by atoms with van der Waals surface area (Å²) in [6.07, 6.45) is 8.31. The van der Waals surface area contributed by atoms with Gasteiger partial charge in [-0.3, -0.25) is 15.0 Å². The summed E-state index contributed by atoms with van der Waals surface area (Å²) in [4.78, 5) is 12.9. The number of nitrogens with one attached hydrogen (secondary N) is 3. The summed E-state index contributed by atoms with van der Waals surface area (Å²) in [5.41, 5.74) is 13.0. The van der Waals surface area contributed by atoms with Crippen LogP contribution in [0.25, 0.3) is 11.1 Å². The van der Waals surface area contributed by atoms with E-state index in [-0.39, 0.29) is 6.61 Å². The van der Waals surface area contributed by atoms with E-state index in [2.05, 4.69) is 95.8 Å². The van der Waals surface area contributed by atoms with Gasteiger partial charge in [-0.15, -0.1) is 0 Å². The summed E-state index contributed by atoms with van der Waals surface area (Å²) in [7, 11) is 0. The number of ether oxygens (including phenoxy) is 4. The lowest BCUT2D eigenvalue weighted by Crippen LogP contribution is -2.13. The highest BCUT2D eigenvalue weighted by Gasteiger charge is 2.18. The minimum Gasteiger partial charge on any atom is -0.488 e. The third-order valence-electron chi connectivity index (χ3n) is 10.5. The molecule has 3 N–H and O–H groups in total. The molecule has 3 heterocycles. The Morgan fingerprint density at radius 1 is 0.607 bits per heavy atom. The number of benzene rings is 4. The van der Waals surface area contributed by atoms with Crippen LogP contribution < -0.4 is 29.6 Å². The van der Waals surface area contributed by atoms with E-state index in [1.54, 1.807) is 12.4 Å². The van der Waals surface area contributed by atoms with Gasteiger partial charge < -0.3 is 35.0 Å².